The van der Waals surface area contributed by atoms with Gasteiger partial charge in [0.2, 0.25) is 0 Å². The van der Waals surface area contributed by atoms with E-state index >= 15 is 0 Å². The highest BCUT2D eigenvalue weighted by molar-refractivity contribution is 6.30. The maximum absolute atomic E-state index is 5.95. The molecule has 0 amide bonds. The van der Waals surface area contributed by atoms with E-state index in [1.165, 1.54) is 18.4 Å². The molecule has 0 radical (unpaired) electrons. The van der Waals surface area contributed by atoms with Crippen molar-refractivity contribution >= 4 is 11.6 Å². The second-order valence-corrected chi connectivity index (χ2v) is 5.76. The van der Waals surface area contributed by atoms with Crippen LogP contribution in [-0.2, 0) is 0 Å². The monoisotopic (exact) mass is 266 g/mol. The fraction of sp³-hybridized carbons (Fsp3) is 0.600. The summed E-state index contributed by atoms with van der Waals surface area (Å²) in [6.45, 7) is 5.78. The molecule has 2 nitrogen and oxygen atoms in total. The third kappa shape index (κ3) is 3.05. The number of nitrogens with zero attached hydrogens (tertiary/aromatic N) is 1. The molecule has 18 heavy (non-hydrogen) atoms. The molecule has 0 bridgehead atoms. The van der Waals surface area contributed by atoms with E-state index < -0.39 is 0 Å². The van der Waals surface area contributed by atoms with E-state index in [9.17, 15) is 0 Å². The average Bonchev–Trinajstić information content (AvgIpc) is 2.38. The lowest BCUT2D eigenvalue weighted by Gasteiger charge is -2.41. The SMILES string of the molecule is CNC1CCN(C(C)c2ccc(Cl)cc2)C(C)C1. The minimum Gasteiger partial charge on any atom is -0.317 e. The van der Waals surface area contributed by atoms with Gasteiger partial charge in [-0.1, -0.05) is 23.7 Å². The average molecular weight is 267 g/mol. The van der Waals surface area contributed by atoms with Crippen molar-refractivity contribution in [3.63, 3.8) is 0 Å². The minimum atomic E-state index is 0.468. The van der Waals surface area contributed by atoms with Gasteiger partial charge in [0.15, 0.2) is 0 Å². The van der Waals surface area contributed by atoms with E-state index in [0.717, 1.165) is 11.6 Å². The van der Waals surface area contributed by atoms with E-state index in [1.54, 1.807) is 0 Å². The molecule has 1 N–H and O–H groups in total. The Morgan fingerprint density at radius 1 is 1.33 bits per heavy atom. The highest BCUT2D eigenvalue weighted by Crippen LogP contribution is 2.28. The minimum absolute atomic E-state index is 0.468. The predicted octanol–water partition coefficient (Wildman–Crippen LogP) is 3.47. The lowest BCUT2D eigenvalue weighted by molar-refractivity contribution is 0.0974. The van der Waals surface area contributed by atoms with Crippen molar-refractivity contribution in [1.29, 1.82) is 0 Å². The zero-order valence-corrected chi connectivity index (χ0v) is 12.2. The van der Waals surface area contributed by atoms with E-state index in [4.69, 9.17) is 11.6 Å². The number of hydrogen-bond donors (Lipinski definition) is 1. The molecule has 0 saturated carbocycles. The molecule has 1 saturated heterocycles. The summed E-state index contributed by atoms with van der Waals surface area (Å²) in [5.41, 5.74) is 1.36. The summed E-state index contributed by atoms with van der Waals surface area (Å²) in [6.07, 6.45) is 2.47. The van der Waals surface area contributed by atoms with Gasteiger partial charge in [0, 0.05) is 29.7 Å². The van der Waals surface area contributed by atoms with Crippen molar-refractivity contribution < 1.29 is 0 Å². The van der Waals surface area contributed by atoms with Gasteiger partial charge in [-0.25, -0.2) is 0 Å². The van der Waals surface area contributed by atoms with E-state index in [-0.39, 0.29) is 0 Å². The molecule has 1 fully saturated rings. The van der Waals surface area contributed by atoms with Gasteiger partial charge in [-0.15, -0.1) is 0 Å². The quantitative estimate of drug-likeness (QED) is 0.901. The Bertz CT molecular complexity index is 377. The van der Waals surface area contributed by atoms with Gasteiger partial charge in [-0.3, -0.25) is 4.90 Å². The normalized spacial score (nSPS) is 27.1. The largest absolute Gasteiger partial charge is 0.317 e. The van der Waals surface area contributed by atoms with Gasteiger partial charge in [0.05, 0.1) is 0 Å². The van der Waals surface area contributed by atoms with Crippen molar-refractivity contribution in [3.05, 3.63) is 34.9 Å². The van der Waals surface area contributed by atoms with Gasteiger partial charge in [0.25, 0.3) is 0 Å². The molecular weight excluding hydrogens is 244 g/mol. The molecule has 1 aliphatic heterocycles. The molecule has 0 aliphatic carbocycles. The number of halogens is 1. The fourth-order valence-electron chi connectivity index (χ4n) is 2.96. The number of hydrogen-bond acceptors (Lipinski definition) is 2. The van der Waals surface area contributed by atoms with Crippen molar-refractivity contribution in [2.45, 2.75) is 44.8 Å². The topological polar surface area (TPSA) is 15.3 Å². The molecule has 3 atom stereocenters. The van der Waals surface area contributed by atoms with Gasteiger partial charge < -0.3 is 5.32 Å². The summed E-state index contributed by atoms with van der Waals surface area (Å²) in [6, 6.07) is 10.0. The van der Waals surface area contributed by atoms with Crippen molar-refractivity contribution in [2.75, 3.05) is 13.6 Å². The van der Waals surface area contributed by atoms with Gasteiger partial charge in [-0.2, -0.15) is 0 Å². The van der Waals surface area contributed by atoms with Crippen LogP contribution >= 0.6 is 11.6 Å². The molecular formula is C15H23ClN2. The first-order valence-electron chi connectivity index (χ1n) is 6.80. The highest BCUT2D eigenvalue weighted by Gasteiger charge is 2.28. The van der Waals surface area contributed by atoms with E-state index in [2.05, 4.69) is 43.2 Å². The van der Waals surface area contributed by atoms with Crippen LogP contribution in [0, 0.1) is 0 Å². The number of nitrogens with one attached hydrogen (secondary N) is 1. The molecule has 3 unspecified atom stereocenters. The van der Waals surface area contributed by atoms with E-state index in [0.29, 0.717) is 18.1 Å². The van der Waals surface area contributed by atoms with Crippen molar-refractivity contribution in [3.8, 4) is 0 Å². The number of likely N-dealkylation sites (tertiary alicyclic amines) is 1. The van der Waals surface area contributed by atoms with Crippen LogP contribution in [0.25, 0.3) is 0 Å². The first-order chi connectivity index (χ1) is 8.61. The van der Waals surface area contributed by atoms with E-state index in [1.807, 2.05) is 12.1 Å². The number of rotatable bonds is 3. The molecule has 1 aromatic carbocycles. The van der Waals surface area contributed by atoms with Gasteiger partial charge in [0.1, 0.15) is 0 Å². The lowest BCUT2D eigenvalue weighted by Crippen LogP contribution is -2.47. The zero-order chi connectivity index (χ0) is 13.1. The lowest BCUT2D eigenvalue weighted by atomic mass is 9.95. The van der Waals surface area contributed by atoms with Gasteiger partial charge >= 0.3 is 0 Å². The van der Waals surface area contributed by atoms with Crippen LogP contribution in [0.4, 0.5) is 0 Å². The molecule has 0 aromatic heterocycles. The third-order valence-corrected chi connectivity index (χ3v) is 4.44. The summed E-state index contributed by atoms with van der Waals surface area (Å²) in [7, 11) is 2.07. The fourth-order valence-corrected chi connectivity index (χ4v) is 3.09. The molecule has 100 valence electrons. The van der Waals surface area contributed by atoms with Gasteiger partial charge in [-0.05, 0) is 51.4 Å². The Morgan fingerprint density at radius 2 is 2.00 bits per heavy atom. The van der Waals surface area contributed by atoms with Crippen LogP contribution in [0.2, 0.25) is 5.02 Å². The second kappa shape index (κ2) is 6.05. The third-order valence-electron chi connectivity index (χ3n) is 4.19. The van der Waals surface area contributed by atoms with Crippen LogP contribution in [0.15, 0.2) is 24.3 Å². The molecule has 3 heteroatoms. The van der Waals surface area contributed by atoms with Crippen molar-refractivity contribution in [2.24, 2.45) is 0 Å². The summed E-state index contributed by atoms with van der Waals surface area (Å²) >= 11 is 5.95. The summed E-state index contributed by atoms with van der Waals surface area (Å²) in [5, 5.41) is 4.21. The maximum Gasteiger partial charge on any atom is 0.0406 e. The molecule has 1 aromatic rings. The van der Waals surface area contributed by atoms with Crippen LogP contribution < -0.4 is 5.32 Å². The van der Waals surface area contributed by atoms with Crippen LogP contribution in [0.3, 0.4) is 0 Å². The van der Waals surface area contributed by atoms with Crippen LogP contribution in [0.1, 0.15) is 38.3 Å². The predicted molar refractivity (Wildman–Crippen MR) is 78.1 cm³/mol. The number of benzene rings is 1. The summed E-state index contributed by atoms with van der Waals surface area (Å²) in [5.74, 6) is 0. The second-order valence-electron chi connectivity index (χ2n) is 5.32. The zero-order valence-electron chi connectivity index (χ0n) is 11.5. The number of piperidine rings is 1. The maximum atomic E-state index is 5.95. The highest BCUT2D eigenvalue weighted by atomic mass is 35.5. The first-order valence-corrected chi connectivity index (χ1v) is 7.18. The Hall–Kier alpha value is -0.570. The van der Waals surface area contributed by atoms with Crippen LogP contribution in [-0.4, -0.2) is 30.6 Å². The Labute approximate surface area is 115 Å². The molecule has 2 rings (SSSR count). The Morgan fingerprint density at radius 3 is 2.56 bits per heavy atom. The Kier molecular flexibility index (Phi) is 4.66. The smallest absolute Gasteiger partial charge is 0.0406 e. The van der Waals surface area contributed by atoms with Crippen LogP contribution in [0.5, 0.6) is 0 Å². The summed E-state index contributed by atoms with van der Waals surface area (Å²) < 4.78 is 0. The standard InChI is InChI=1S/C15H23ClN2/c1-11-10-15(17-3)8-9-18(11)12(2)13-4-6-14(16)7-5-13/h4-7,11-12,15,17H,8-10H2,1-3H3. The Balaban J connectivity index is 2.05. The molecule has 1 heterocycles. The first kappa shape index (κ1) is 13.9. The molecule has 0 spiro atoms. The molecule has 1 aliphatic rings. The van der Waals surface area contributed by atoms with Crippen molar-refractivity contribution in [1.82, 2.24) is 10.2 Å². The summed E-state index contributed by atoms with van der Waals surface area (Å²) in [4.78, 5) is 2.59.